The lowest BCUT2D eigenvalue weighted by molar-refractivity contribution is 0.401. The maximum atomic E-state index is 8.47. The second kappa shape index (κ2) is 3.82. The molecule has 0 amide bonds. The highest BCUT2D eigenvalue weighted by molar-refractivity contribution is 8.65. The van der Waals surface area contributed by atoms with Gasteiger partial charge in [-0.1, -0.05) is 0 Å². The summed E-state index contributed by atoms with van der Waals surface area (Å²) in [4.78, 5) is 16.9. The van der Waals surface area contributed by atoms with Gasteiger partial charge in [-0.25, -0.2) is 0 Å². The summed E-state index contributed by atoms with van der Waals surface area (Å²) in [6.45, 7) is 2.18. The fourth-order valence-corrected chi connectivity index (χ4v) is 1.48. The molecule has 0 unspecified atom stereocenters. The van der Waals surface area contributed by atoms with Crippen LogP contribution in [0.1, 0.15) is 6.92 Å². The van der Waals surface area contributed by atoms with Gasteiger partial charge in [0.05, 0.1) is 18.3 Å². The standard InChI is InChI=1S/C2H7O3PS2/c1-2-5-8-6(3,4)7/h2H2,1H3,(H2,3,4,7). The maximum Gasteiger partial charge on any atom is 0.269 e. The van der Waals surface area contributed by atoms with Crippen LogP contribution in [-0.2, 0) is 16.0 Å². The molecular weight excluding hydrogens is 167 g/mol. The zero-order valence-corrected chi connectivity index (χ0v) is 6.80. The summed E-state index contributed by atoms with van der Waals surface area (Å²) < 4.78 is 4.56. The highest BCUT2D eigenvalue weighted by Gasteiger charge is 2.06. The van der Waals surface area contributed by atoms with Crippen molar-refractivity contribution < 1.29 is 14.0 Å². The maximum absolute atomic E-state index is 8.47. The van der Waals surface area contributed by atoms with Crippen molar-refractivity contribution in [3.05, 3.63) is 0 Å². The Kier molecular flexibility index (Phi) is 4.24. The quantitative estimate of drug-likeness (QED) is 0.491. The molecule has 0 saturated heterocycles. The zero-order chi connectivity index (χ0) is 6.62. The van der Waals surface area contributed by atoms with Crippen molar-refractivity contribution in [2.45, 2.75) is 6.92 Å². The second-order valence-corrected chi connectivity index (χ2v) is 6.53. The molecule has 6 heteroatoms. The minimum absolute atomic E-state index is 0.435. The van der Waals surface area contributed by atoms with Crippen molar-refractivity contribution in [2.24, 2.45) is 0 Å². The lowest BCUT2D eigenvalue weighted by Crippen LogP contribution is -1.76. The Labute approximate surface area is 57.2 Å². The Hall–Kier alpha value is 0.880. The fraction of sp³-hybridized carbons (Fsp3) is 1.00. The first-order valence-electron chi connectivity index (χ1n) is 1.93. The lowest BCUT2D eigenvalue weighted by Gasteiger charge is -2.02. The predicted molar refractivity (Wildman–Crippen MR) is 37.9 cm³/mol. The topological polar surface area (TPSA) is 49.7 Å². The Morgan fingerprint density at radius 2 is 2.25 bits per heavy atom. The monoisotopic (exact) mass is 174 g/mol. The van der Waals surface area contributed by atoms with Gasteiger partial charge in [-0.2, -0.15) is 0 Å². The molecule has 0 radical (unpaired) electrons. The van der Waals surface area contributed by atoms with Gasteiger partial charge in [0.2, 0.25) is 0 Å². The Morgan fingerprint density at radius 1 is 1.75 bits per heavy atom. The molecule has 0 aromatic heterocycles. The molecule has 0 atom stereocenters. The molecule has 0 aliphatic carbocycles. The van der Waals surface area contributed by atoms with Crippen LogP contribution in [-0.4, -0.2) is 16.4 Å². The number of hydrogen-bond acceptors (Lipinski definition) is 3. The van der Waals surface area contributed by atoms with Crippen LogP contribution in [0.5, 0.6) is 0 Å². The van der Waals surface area contributed by atoms with E-state index in [1.54, 1.807) is 6.92 Å². The summed E-state index contributed by atoms with van der Waals surface area (Å²) >= 11 is 4.78. The molecular formula is C2H7O3PS2. The van der Waals surface area contributed by atoms with Crippen molar-refractivity contribution in [1.29, 1.82) is 0 Å². The first-order valence-corrected chi connectivity index (χ1v) is 5.98. The third kappa shape index (κ3) is 6.88. The van der Waals surface area contributed by atoms with Crippen LogP contribution >= 0.6 is 17.4 Å². The minimum Gasteiger partial charge on any atom is -0.336 e. The molecule has 0 spiro atoms. The largest absolute Gasteiger partial charge is 0.336 e. The fourth-order valence-electron chi connectivity index (χ4n) is 0.121. The van der Waals surface area contributed by atoms with Gasteiger partial charge in [-0.15, -0.1) is 0 Å². The number of hydrogen-bond donors (Lipinski definition) is 2. The molecule has 0 rings (SSSR count). The molecule has 8 heavy (non-hydrogen) atoms. The summed E-state index contributed by atoms with van der Waals surface area (Å²) in [5.74, 6) is 0. The van der Waals surface area contributed by atoms with Gasteiger partial charge in [-0.05, 0) is 18.7 Å². The van der Waals surface area contributed by atoms with E-state index < -0.39 is 5.69 Å². The normalized spacial score (nSPS) is 11.9. The van der Waals surface area contributed by atoms with Crippen molar-refractivity contribution in [3.63, 3.8) is 0 Å². The van der Waals surface area contributed by atoms with E-state index in [1.807, 2.05) is 0 Å². The molecule has 0 bridgehead atoms. The molecule has 0 heterocycles. The first-order chi connectivity index (χ1) is 3.56. The van der Waals surface area contributed by atoms with Crippen LogP contribution in [0.3, 0.4) is 0 Å². The van der Waals surface area contributed by atoms with Crippen LogP contribution in [0, 0.1) is 0 Å². The van der Waals surface area contributed by atoms with Crippen molar-refractivity contribution in [2.75, 3.05) is 6.61 Å². The summed E-state index contributed by atoms with van der Waals surface area (Å²) in [6.07, 6.45) is 0. The van der Waals surface area contributed by atoms with Gasteiger partial charge in [0.15, 0.2) is 0 Å². The van der Waals surface area contributed by atoms with E-state index in [0.29, 0.717) is 18.3 Å². The lowest BCUT2D eigenvalue weighted by atomic mass is 10.9. The zero-order valence-electron chi connectivity index (χ0n) is 4.27. The van der Waals surface area contributed by atoms with Crippen LogP contribution in [0.25, 0.3) is 0 Å². The van der Waals surface area contributed by atoms with Gasteiger partial charge in [-0.3, -0.25) is 0 Å². The highest BCUT2D eigenvalue weighted by Crippen LogP contribution is 2.50. The first kappa shape index (κ1) is 8.88. The number of rotatable bonds is 3. The summed E-state index contributed by atoms with van der Waals surface area (Å²) in [5, 5.41) is 0. The molecule has 2 N–H and O–H groups in total. The van der Waals surface area contributed by atoms with Crippen LogP contribution in [0.4, 0.5) is 0 Å². The molecule has 3 nitrogen and oxygen atoms in total. The van der Waals surface area contributed by atoms with E-state index in [2.05, 4.69) is 16.0 Å². The van der Waals surface area contributed by atoms with E-state index >= 15 is 0 Å². The molecule has 0 aliphatic rings. The van der Waals surface area contributed by atoms with E-state index in [1.165, 1.54) is 0 Å². The summed E-state index contributed by atoms with van der Waals surface area (Å²) in [7, 11) is 0. The second-order valence-electron chi connectivity index (χ2n) is 0.972. The van der Waals surface area contributed by atoms with Crippen molar-refractivity contribution >= 4 is 29.2 Å². The average Bonchev–Trinajstić information content (AvgIpc) is 1.59. The van der Waals surface area contributed by atoms with Gasteiger partial charge < -0.3 is 14.0 Å². The van der Waals surface area contributed by atoms with Gasteiger partial charge >= 0.3 is 0 Å². The average molecular weight is 174 g/mol. The Balaban J connectivity index is 3.26. The molecule has 50 valence electrons. The summed E-state index contributed by atoms with van der Waals surface area (Å²) in [5.41, 5.74) is -3.15. The van der Waals surface area contributed by atoms with Crippen LogP contribution in [0.2, 0.25) is 0 Å². The van der Waals surface area contributed by atoms with E-state index in [9.17, 15) is 0 Å². The Morgan fingerprint density at radius 3 is 2.38 bits per heavy atom. The molecule has 0 fully saturated rings. The molecule has 0 aromatic carbocycles. The van der Waals surface area contributed by atoms with Gasteiger partial charge in [0.1, 0.15) is 0 Å². The Bertz CT molecular complexity index is 99.5. The van der Waals surface area contributed by atoms with Crippen LogP contribution < -0.4 is 0 Å². The smallest absolute Gasteiger partial charge is 0.269 e. The van der Waals surface area contributed by atoms with E-state index in [-0.39, 0.29) is 0 Å². The molecule has 0 aliphatic heterocycles. The predicted octanol–water partition coefficient (Wildman–Crippen LogP) is 0.880. The van der Waals surface area contributed by atoms with E-state index in [0.717, 1.165) is 0 Å². The third-order valence-corrected chi connectivity index (χ3v) is 2.25. The van der Waals surface area contributed by atoms with Crippen molar-refractivity contribution in [3.8, 4) is 0 Å². The third-order valence-electron chi connectivity index (χ3n) is 0.268. The van der Waals surface area contributed by atoms with Crippen LogP contribution in [0.15, 0.2) is 0 Å². The summed E-state index contributed by atoms with van der Waals surface area (Å²) in [6, 6.07) is 0. The SMILES string of the molecule is CCOSP(O)(O)=S. The molecule has 0 saturated carbocycles. The van der Waals surface area contributed by atoms with Gasteiger partial charge in [0, 0.05) is 0 Å². The highest BCUT2D eigenvalue weighted by atomic mass is 32.9. The minimum atomic E-state index is -3.15. The van der Waals surface area contributed by atoms with Crippen molar-refractivity contribution in [1.82, 2.24) is 0 Å². The van der Waals surface area contributed by atoms with Gasteiger partial charge in [0.25, 0.3) is 5.69 Å². The molecule has 0 aromatic rings. The van der Waals surface area contributed by atoms with E-state index in [4.69, 9.17) is 9.79 Å².